The summed E-state index contributed by atoms with van der Waals surface area (Å²) in [6.07, 6.45) is 15.5. The number of esters is 2. The molecule has 2 aliphatic carbocycles. The van der Waals surface area contributed by atoms with Gasteiger partial charge >= 0.3 is 11.9 Å². The molecule has 4 heteroatoms. The Balaban J connectivity index is 1.75. The van der Waals surface area contributed by atoms with Gasteiger partial charge in [-0.15, -0.1) is 0 Å². The maximum Gasteiger partial charge on any atom is 0.331 e. The topological polar surface area (TPSA) is 52.6 Å². The molecule has 0 bridgehead atoms. The van der Waals surface area contributed by atoms with Crippen LogP contribution in [0.25, 0.3) is 0 Å². The van der Waals surface area contributed by atoms with Gasteiger partial charge in [-0.1, -0.05) is 24.3 Å². The second-order valence-corrected chi connectivity index (χ2v) is 3.68. The zero-order valence-electron chi connectivity index (χ0n) is 9.56. The lowest BCUT2D eigenvalue weighted by Gasteiger charge is -2.06. The fraction of sp³-hybridized carbons (Fsp3) is 0.143. The number of rotatable bonds is 4. The van der Waals surface area contributed by atoms with Gasteiger partial charge < -0.3 is 9.47 Å². The van der Waals surface area contributed by atoms with Crippen LogP contribution in [0.5, 0.6) is 0 Å². The molecule has 0 fully saturated rings. The van der Waals surface area contributed by atoms with Crippen molar-refractivity contribution in [3.63, 3.8) is 0 Å². The van der Waals surface area contributed by atoms with Crippen LogP contribution in [0.3, 0.4) is 0 Å². The number of ether oxygens (including phenoxy) is 2. The first kappa shape index (κ1) is 12.1. The van der Waals surface area contributed by atoms with Crippen molar-refractivity contribution < 1.29 is 19.1 Å². The Bertz CT molecular complexity index is 412. The fourth-order valence-corrected chi connectivity index (χ4v) is 1.46. The lowest BCUT2D eigenvalue weighted by Crippen LogP contribution is -2.13. The van der Waals surface area contributed by atoms with Crippen molar-refractivity contribution >= 4 is 11.9 Å². The van der Waals surface area contributed by atoms with Gasteiger partial charge in [-0.2, -0.15) is 0 Å². The van der Waals surface area contributed by atoms with Crippen LogP contribution in [-0.2, 0) is 19.1 Å². The summed E-state index contributed by atoms with van der Waals surface area (Å²) in [5.74, 6) is -1.16. The third-order valence-electron chi connectivity index (χ3n) is 2.29. The Morgan fingerprint density at radius 3 is 1.39 bits per heavy atom. The first-order valence-corrected chi connectivity index (χ1v) is 5.53. The van der Waals surface area contributed by atoms with Crippen molar-refractivity contribution in [3.05, 3.63) is 60.8 Å². The van der Waals surface area contributed by atoms with E-state index < -0.39 is 11.9 Å². The number of hydrogen-bond acceptors (Lipinski definition) is 4. The van der Waals surface area contributed by atoms with Crippen LogP contribution in [0, 0.1) is 0 Å². The van der Waals surface area contributed by atoms with Crippen molar-refractivity contribution in [2.75, 3.05) is 0 Å². The zero-order valence-corrected chi connectivity index (χ0v) is 9.56. The Morgan fingerprint density at radius 1 is 0.722 bits per heavy atom. The third kappa shape index (κ3) is 3.59. The Morgan fingerprint density at radius 2 is 1.06 bits per heavy atom. The normalized spacial score (nSPS) is 18.0. The summed E-state index contributed by atoms with van der Waals surface area (Å²) < 4.78 is 9.99. The van der Waals surface area contributed by atoms with Gasteiger partial charge in [0.2, 0.25) is 0 Å². The molecule has 4 nitrogen and oxygen atoms in total. The summed E-state index contributed by atoms with van der Waals surface area (Å²) in [7, 11) is 0. The molecule has 0 heterocycles. The van der Waals surface area contributed by atoms with E-state index in [9.17, 15) is 9.59 Å². The maximum atomic E-state index is 11.3. The summed E-state index contributed by atoms with van der Waals surface area (Å²) in [5, 5.41) is 0. The molecule has 18 heavy (non-hydrogen) atoms. The largest absolute Gasteiger partial charge is 0.451 e. The number of allylic oxidation sites excluding steroid dienone is 4. The summed E-state index contributed by atoms with van der Waals surface area (Å²) >= 11 is 0. The molecule has 2 rings (SSSR count). The summed E-state index contributed by atoms with van der Waals surface area (Å²) in [4.78, 5) is 22.7. The van der Waals surface area contributed by atoms with Gasteiger partial charge in [-0.25, -0.2) is 9.59 Å². The second kappa shape index (κ2) is 5.82. The molecule has 0 aromatic heterocycles. The minimum absolute atomic E-state index is 0.348. The van der Waals surface area contributed by atoms with Crippen molar-refractivity contribution in [1.82, 2.24) is 0 Å². The Labute approximate surface area is 105 Å². The second-order valence-electron chi connectivity index (χ2n) is 3.68. The number of carbonyl (C=O) groups is 2. The van der Waals surface area contributed by atoms with Crippen molar-refractivity contribution in [2.45, 2.75) is 12.2 Å². The smallest absolute Gasteiger partial charge is 0.331 e. The number of carbonyl (C=O) groups excluding carboxylic acids is 2. The van der Waals surface area contributed by atoms with E-state index in [2.05, 4.69) is 0 Å². The predicted molar refractivity (Wildman–Crippen MR) is 65.5 cm³/mol. The average Bonchev–Trinajstić information content (AvgIpc) is 2.99. The van der Waals surface area contributed by atoms with E-state index in [1.54, 1.807) is 48.6 Å². The molecule has 0 unspecified atom stereocenters. The highest BCUT2D eigenvalue weighted by Gasteiger charge is 2.10. The highest BCUT2D eigenvalue weighted by molar-refractivity contribution is 5.92. The van der Waals surface area contributed by atoms with Crippen LogP contribution >= 0.6 is 0 Å². The molecular formula is C14H12O4. The molecule has 0 aromatic carbocycles. The van der Waals surface area contributed by atoms with Crippen molar-refractivity contribution in [2.24, 2.45) is 0 Å². The minimum atomic E-state index is -0.578. The first-order valence-electron chi connectivity index (χ1n) is 5.53. The quantitative estimate of drug-likeness (QED) is 0.557. The van der Waals surface area contributed by atoms with E-state index in [1.165, 1.54) is 0 Å². The SMILES string of the molecule is O=C(C=CC(=O)OC1C=CC=C1)OC1C=CC=C1. The van der Waals surface area contributed by atoms with E-state index in [0.717, 1.165) is 12.2 Å². The average molecular weight is 244 g/mol. The number of hydrogen-bond donors (Lipinski definition) is 0. The molecule has 92 valence electrons. The van der Waals surface area contributed by atoms with Gasteiger partial charge in [0, 0.05) is 12.2 Å². The summed E-state index contributed by atoms with van der Waals surface area (Å²) in [6.45, 7) is 0. The van der Waals surface area contributed by atoms with Crippen molar-refractivity contribution in [3.8, 4) is 0 Å². The lowest BCUT2D eigenvalue weighted by molar-refractivity contribution is -0.141. The van der Waals surface area contributed by atoms with Crippen LogP contribution in [0.4, 0.5) is 0 Å². The van der Waals surface area contributed by atoms with E-state index in [4.69, 9.17) is 9.47 Å². The molecule has 0 spiro atoms. The molecule has 0 saturated heterocycles. The van der Waals surface area contributed by atoms with Gasteiger partial charge in [0.05, 0.1) is 0 Å². The van der Waals surface area contributed by atoms with Gasteiger partial charge in [-0.05, 0) is 24.3 Å². The lowest BCUT2D eigenvalue weighted by atomic mass is 10.4. The maximum absolute atomic E-state index is 11.3. The summed E-state index contributed by atoms with van der Waals surface area (Å²) in [5.41, 5.74) is 0. The van der Waals surface area contributed by atoms with Gasteiger partial charge in [0.15, 0.2) is 0 Å². The standard InChI is InChI=1S/C14H12O4/c15-13(17-11-5-1-2-6-11)9-10-14(16)18-12-7-3-4-8-12/h1-12H. The summed E-state index contributed by atoms with van der Waals surface area (Å²) in [6, 6.07) is 0. The van der Waals surface area contributed by atoms with Crippen LogP contribution in [0.1, 0.15) is 0 Å². The van der Waals surface area contributed by atoms with E-state index in [0.29, 0.717) is 0 Å². The molecule has 2 aliphatic rings. The molecular weight excluding hydrogens is 232 g/mol. The van der Waals surface area contributed by atoms with Crippen LogP contribution < -0.4 is 0 Å². The van der Waals surface area contributed by atoms with E-state index in [-0.39, 0.29) is 12.2 Å². The Kier molecular flexibility index (Phi) is 3.91. The van der Waals surface area contributed by atoms with Crippen LogP contribution in [0.2, 0.25) is 0 Å². The van der Waals surface area contributed by atoms with E-state index >= 15 is 0 Å². The molecule has 0 aliphatic heterocycles. The molecule has 0 N–H and O–H groups in total. The highest BCUT2D eigenvalue weighted by atomic mass is 16.5. The van der Waals surface area contributed by atoms with Gasteiger partial charge in [0.25, 0.3) is 0 Å². The molecule has 0 aromatic rings. The fourth-order valence-electron chi connectivity index (χ4n) is 1.46. The molecule has 0 radical (unpaired) electrons. The monoisotopic (exact) mass is 244 g/mol. The predicted octanol–water partition coefficient (Wildman–Crippen LogP) is 1.62. The van der Waals surface area contributed by atoms with E-state index in [1.807, 2.05) is 0 Å². The minimum Gasteiger partial charge on any atom is -0.451 e. The van der Waals surface area contributed by atoms with Crippen LogP contribution in [-0.4, -0.2) is 24.1 Å². The molecule has 0 atom stereocenters. The van der Waals surface area contributed by atoms with Crippen molar-refractivity contribution in [1.29, 1.82) is 0 Å². The highest BCUT2D eigenvalue weighted by Crippen LogP contribution is 2.06. The first-order chi connectivity index (χ1) is 8.74. The zero-order chi connectivity index (χ0) is 12.8. The molecule has 0 amide bonds. The third-order valence-corrected chi connectivity index (χ3v) is 2.29. The molecule has 0 saturated carbocycles. The van der Waals surface area contributed by atoms with Crippen LogP contribution in [0.15, 0.2) is 60.8 Å². The van der Waals surface area contributed by atoms with Gasteiger partial charge in [0.1, 0.15) is 12.2 Å². The Hall–Kier alpha value is -2.36. The van der Waals surface area contributed by atoms with Gasteiger partial charge in [-0.3, -0.25) is 0 Å².